The highest BCUT2D eigenvalue weighted by Crippen LogP contribution is 2.53. The van der Waals surface area contributed by atoms with Gasteiger partial charge in [0.05, 0.1) is 7.11 Å². The van der Waals surface area contributed by atoms with Crippen molar-refractivity contribution in [3.63, 3.8) is 0 Å². The number of alkyl halides is 5. The van der Waals surface area contributed by atoms with Gasteiger partial charge in [-0.15, -0.1) is 0 Å². The van der Waals surface area contributed by atoms with E-state index in [-0.39, 0.29) is 5.75 Å². The summed E-state index contributed by atoms with van der Waals surface area (Å²) >= 11 is 0. The van der Waals surface area contributed by atoms with E-state index in [4.69, 9.17) is 4.74 Å². The zero-order valence-corrected chi connectivity index (χ0v) is 14.3. The summed E-state index contributed by atoms with van der Waals surface area (Å²) in [6.45, 7) is 0. The third-order valence-corrected chi connectivity index (χ3v) is 4.09. The summed E-state index contributed by atoms with van der Waals surface area (Å²) in [5.41, 5.74) is -4.60. The van der Waals surface area contributed by atoms with Gasteiger partial charge in [-0.25, -0.2) is 0 Å². The van der Waals surface area contributed by atoms with Crippen LogP contribution in [0.2, 0.25) is 0 Å². The van der Waals surface area contributed by atoms with E-state index in [9.17, 15) is 27.1 Å². The number of ether oxygens (including phenoxy) is 1. The molecule has 2 aromatic rings. The fraction of sp³-hybridized carbons (Fsp3) is 0.333. The molecule has 0 heterocycles. The van der Waals surface area contributed by atoms with Gasteiger partial charge in [0.25, 0.3) is 0 Å². The number of aliphatic hydroxyl groups is 1. The minimum atomic E-state index is -5.99. The molecule has 0 aliphatic carbocycles. The smallest absolute Gasteiger partial charge is 0.457 e. The van der Waals surface area contributed by atoms with Gasteiger partial charge in [0.15, 0.2) is 5.60 Å². The van der Waals surface area contributed by atoms with E-state index in [2.05, 4.69) is 0 Å². The molecule has 0 amide bonds. The van der Waals surface area contributed by atoms with E-state index in [1.807, 2.05) is 0 Å². The summed E-state index contributed by atoms with van der Waals surface area (Å²) in [7, 11) is 4.33. The zero-order chi connectivity index (χ0) is 19.8. The van der Waals surface area contributed by atoms with Crippen LogP contribution in [0.5, 0.6) is 5.75 Å². The normalized spacial score (nSPS) is 14.7. The Morgan fingerprint density at radius 2 is 1.54 bits per heavy atom. The SMILES string of the molecule is COc1ccccc1C(O)(c1cccc(N(C)C)c1)C(F)(F)C(F)(F)F. The molecule has 26 heavy (non-hydrogen) atoms. The van der Waals surface area contributed by atoms with Crippen molar-refractivity contribution in [1.29, 1.82) is 0 Å². The summed E-state index contributed by atoms with van der Waals surface area (Å²) in [5, 5.41) is 10.9. The molecule has 0 spiro atoms. The lowest BCUT2D eigenvalue weighted by Gasteiger charge is -2.38. The largest absolute Gasteiger partial charge is 0.496 e. The Hall–Kier alpha value is -2.35. The fourth-order valence-electron chi connectivity index (χ4n) is 2.66. The van der Waals surface area contributed by atoms with Crippen LogP contribution in [0.4, 0.5) is 27.6 Å². The van der Waals surface area contributed by atoms with Crippen molar-refractivity contribution in [2.75, 3.05) is 26.1 Å². The van der Waals surface area contributed by atoms with Crippen molar-refractivity contribution in [2.24, 2.45) is 0 Å². The maximum atomic E-state index is 14.6. The molecule has 3 nitrogen and oxygen atoms in total. The Morgan fingerprint density at radius 1 is 0.923 bits per heavy atom. The molecule has 2 rings (SSSR count). The Kier molecular flexibility index (Phi) is 5.19. The van der Waals surface area contributed by atoms with Crippen molar-refractivity contribution in [3.8, 4) is 5.75 Å². The van der Waals surface area contributed by atoms with Crippen LogP contribution < -0.4 is 9.64 Å². The number of nitrogens with zero attached hydrogens (tertiary/aromatic N) is 1. The van der Waals surface area contributed by atoms with Crippen LogP contribution in [0.1, 0.15) is 11.1 Å². The number of hydrogen-bond acceptors (Lipinski definition) is 3. The number of hydrogen-bond donors (Lipinski definition) is 1. The van der Waals surface area contributed by atoms with Crippen molar-refractivity contribution in [3.05, 3.63) is 59.7 Å². The second-order valence-electron chi connectivity index (χ2n) is 5.93. The second-order valence-corrected chi connectivity index (χ2v) is 5.93. The fourth-order valence-corrected chi connectivity index (χ4v) is 2.66. The Balaban J connectivity index is 2.86. The molecule has 2 aromatic carbocycles. The predicted octanol–water partition coefficient (Wildman–Crippen LogP) is 4.19. The van der Waals surface area contributed by atoms with E-state index in [1.54, 1.807) is 14.1 Å². The average molecular weight is 375 g/mol. The number of benzene rings is 2. The summed E-state index contributed by atoms with van der Waals surface area (Å²) < 4.78 is 73.7. The number of para-hydroxylation sites is 1. The standard InChI is InChI=1S/C18H18F5NO2/c1-24(2)13-8-6-7-12(11-13)16(25,17(19,20)18(21,22)23)14-9-4-5-10-15(14)26-3/h4-11,25H,1-3H3. The molecule has 142 valence electrons. The van der Waals surface area contributed by atoms with Gasteiger partial charge in [0.2, 0.25) is 0 Å². The van der Waals surface area contributed by atoms with E-state index in [0.717, 1.165) is 25.3 Å². The first-order valence-electron chi connectivity index (χ1n) is 7.55. The highest BCUT2D eigenvalue weighted by Gasteiger charge is 2.71. The molecule has 0 aliphatic rings. The van der Waals surface area contributed by atoms with Gasteiger partial charge >= 0.3 is 12.1 Å². The van der Waals surface area contributed by atoms with Gasteiger partial charge in [-0.05, 0) is 23.8 Å². The third-order valence-electron chi connectivity index (χ3n) is 4.09. The van der Waals surface area contributed by atoms with Crippen molar-refractivity contribution >= 4 is 5.69 Å². The Bertz CT molecular complexity index is 776. The predicted molar refractivity (Wildman–Crippen MR) is 87.8 cm³/mol. The summed E-state index contributed by atoms with van der Waals surface area (Å²) in [5.74, 6) is -5.76. The van der Waals surface area contributed by atoms with Gasteiger partial charge in [-0.3, -0.25) is 0 Å². The monoisotopic (exact) mass is 375 g/mol. The van der Waals surface area contributed by atoms with Crippen LogP contribution in [0.3, 0.4) is 0 Å². The number of methoxy groups -OCH3 is 1. The second kappa shape index (κ2) is 6.75. The van der Waals surface area contributed by atoms with Gasteiger partial charge in [0, 0.05) is 25.3 Å². The number of rotatable bonds is 5. The Morgan fingerprint density at radius 3 is 2.08 bits per heavy atom. The summed E-state index contributed by atoms with van der Waals surface area (Å²) in [4.78, 5) is 1.53. The first-order valence-corrected chi connectivity index (χ1v) is 7.55. The molecule has 0 fully saturated rings. The van der Waals surface area contributed by atoms with Crippen LogP contribution in [0, 0.1) is 0 Å². The quantitative estimate of drug-likeness (QED) is 0.796. The van der Waals surface area contributed by atoms with Gasteiger partial charge < -0.3 is 14.7 Å². The maximum absolute atomic E-state index is 14.6. The molecule has 1 N–H and O–H groups in total. The molecule has 0 radical (unpaired) electrons. The molecule has 1 atom stereocenters. The zero-order valence-electron chi connectivity index (χ0n) is 14.3. The molecule has 1 unspecified atom stereocenters. The third kappa shape index (κ3) is 3.09. The number of anilines is 1. The van der Waals surface area contributed by atoms with E-state index < -0.39 is 28.8 Å². The minimum Gasteiger partial charge on any atom is -0.496 e. The molecule has 8 heteroatoms. The van der Waals surface area contributed by atoms with E-state index in [0.29, 0.717) is 5.69 Å². The van der Waals surface area contributed by atoms with Crippen molar-refractivity contribution in [2.45, 2.75) is 17.7 Å². The average Bonchev–Trinajstić information content (AvgIpc) is 2.59. The van der Waals surface area contributed by atoms with Gasteiger partial charge in [-0.2, -0.15) is 22.0 Å². The van der Waals surface area contributed by atoms with Crippen LogP contribution in [0.15, 0.2) is 48.5 Å². The van der Waals surface area contributed by atoms with Crippen LogP contribution >= 0.6 is 0 Å². The lowest BCUT2D eigenvalue weighted by molar-refractivity contribution is -0.336. The van der Waals surface area contributed by atoms with Gasteiger partial charge in [-0.1, -0.05) is 30.3 Å². The highest BCUT2D eigenvalue weighted by atomic mass is 19.4. The molecule has 0 bridgehead atoms. The maximum Gasteiger partial charge on any atom is 0.457 e. The number of halogens is 5. The van der Waals surface area contributed by atoms with Crippen LogP contribution in [0.25, 0.3) is 0 Å². The van der Waals surface area contributed by atoms with E-state index >= 15 is 0 Å². The molecular weight excluding hydrogens is 357 g/mol. The molecular formula is C18H18F5NO2. The lowest BCUT2D eigenvalue weighted by Crippen LogP contribution is -2.55. The molecule has 0 aromatic heterocycles. The van der Waals surface area contributed by atoms with E-state index in [1.165, 1.54) is 35.2 Å². The van der Waals surface area contributed by atoms with Crippen molar-refractivity contribution in [1.82, 2.24) is 0 Å². The van der Waals surface area contributed by atoms with Gasteiger partial charge in [0.1, 0.15) is 5.75 Å². The molecule has 0 saturated heterocycles. The first kappa shape index (κ1) is 20.0. The van der Waals surface area contributed by atoms with Crippen LogP contribution in [-0.4, -0.2) is 38.4 Å². The minimum absolute atomic E-state index is 0.283. The summed E-state index contributed by atoms with van der Waals surface area (Å²) in [6, 6.07) is 9.81. The topological polar surface area (TPSA) is 32.7 Å². The van der Waals surface area contributed by atoms with Crippen LogP contribution in [-0.2, 0) is 5.60 Å². The molecule has 0 saturated carbocycles. The van der Waals surface area contributed by atoms with Crippen molar-refractivity contribution < 1.29 is 31.8 Å². The lowest BCUT2D eigenvalue weighted by atomic mass is 9.79. The first-order chi connectivity index (χ1) is 12.0. The molecule has 0 aliphatic heterocycles. The highest BCUT2D eigenvalue weighted by molar-refractivity contribution is 5.54. The Labute approximate surface area is 147 Å². The summed E-state index contributed by atoms with van der Waals surface area (Å²) in [6.07, 6.45) is -5.99.